The molecule has 0 spiro atoms. The van der Waals surface area contributed by atoms with E-state index >= 15 is 0 Å². The minimum absolute atomic E-state index is 0.0247. The summed E-state index contributed by atoms with van der Waals surface area (Å²) in [5.74, 6) is -2.93. The SMILES string of the molecule is Cn1c(Nc2c(Cl)ccc(CNC(=O)C(C)(C)C(F)(F)F)c2Cl)nc2cc(C(=O)NC3CCC(C(F)(F)F)CC3)c(N3CC[C@@H](F)C3)cc21. The molecule has 2 aromatic carbocycles. The van der Waals surface area contributed by atoms with Crippen LogP contribution in [0.3, 0.4) is 0 Å². The third-order valence-corrected chi connectivity index (χ3v) is 10.1. The lowest BCUT2D eigenvalue weighted by atomic mass is 9.85. The Morgan fingerprint density at radius 2 is 1.67 bits per heavy atom. The normalized spacial score (nSPS) is 20.5. The van der Waals surface area contributed by atoms with Crippen LogP contribution in [0.1, 0.15) is 61.9 Å². The number of anilines is 3. The second-order valence-corrected chi connectivity index (χ2v) is 13.9. The first-order valence-electron chi connectivity index (χ1n) is 15.6. The first-order valence-corrected chi connectivity index (χ1v) is 16.4. The maximum atomic E-state index is 14.3. The van der Waals surface area contributed by atoms with E-state index in [1.807, 2.05) is 0 Å². The van der Waals surface area contributed by atoms with E-state index in [1.165, 1.54) is 18.2 Å². The van der Waals surface area contributed by atoms with Crippen LogP contribution >= 0.6 is 23.2 Å². The van der Waals surface area contributed by atoms with Gasteiger partial charge in [0.25, 0.3) is 5.91 Å². The van der Waals surface area contributed by atoms with Crippen LogP contribution in [0.15, 0.2) is 24.3 Å². The van der Waals surface area contributed by atoms with Gasteiger partial charge in [-0.1, -0.05) is 29.3 Å². The highest BCUT2D eigenvalue weighted by Crippen LogP contribution is 2.40. The minimum atomic E-state index is -4.77. The molecule has 0 bridgehead atoms. The molecule has 2 amide bonds. The zero-order chi connectivity index (χ0) is 36.1. The Hall–Kier alpha value is -3.46. The lowest BCUT2D eigenvalue weighted by Gasteiger charge is -2.30. The van der Waals surface area contributed by atoms with Crippen molar-refractivity contribution in [2.45, 2.75) is 77.1 Å². The van der Waals surface area contributed by atoms with Crippen molar-refractivity contribution in [2.75, 3.05) is 23.3 Å². The molecule has 2 fully saturated rings. The van der Waals surface area contributed by atoms with Crippen LogP contribution in [0.4, 0.5) is 48.1 Å². The second kappa shape index (κ2) is 13.7. The molecule has 8 nitrogen and oxygen atoms in total. The number of hydrogen-bond acceptors (Lipinski definition) is 5. The van der Waals surface area contributed by atoms with Crippen molar-refractivity contribution < 1.29 is 40.3 Å². The highest BCUT2D eigenvalue weighted by atomic mass is 35.5. The standard InChI is InChI=1S/C32H35Cl2F7N6O2/c1-30(2,32(39,40)41)28(49)42-14-16-4-9-21(33)26(25(16)34)45-29-44-22-12-20(23(13-24(22)46(29)3)47-11-10-18(35)15-47)27(48)43-19-7-5-17(6-8-19)31(36,37)38/h4,9,12-13,17-19H,5-8,10-11,14-15H2,1-3H3,(H,42,49)(H,43,48)(H,44,45)/t17?,18-,19?/m1/s1. The highest BCUT2D eigenvalue weighted by Gasteiger charge is 2.52. The fraction of sp³-hybridized carbons (Fsp3) is 0.531. The average Bonchev–Trinajstić information content (AvgIpc) is 3.59. The molecule has 3 aromatic rings. The molecule has 0 radical (unpaired) electrons. The summed E-state index contributed by atoms with van der Waals surface area (Å²) >= 11 is 13.0. The average molecular weight is 740 g/mol. The van der Waals surface area contributed by atoms with Crippen molar-refractivity contribution in [1.82, 2.24) is 20.2 Å². The van der Waals surface area contributed by atoms with Crippen LogP contribution < -0.4 is 20.9 Å². The Morgan fingerprint density at radius 3 is 2.27 bits per heavy atom. The molecule has 1 atom stereocenters. The number of halogens is 9. The van der Waals surface area contributed by atoms with E-state index in [0.717, 1.165) is 13.8 Å². The van der Waals surface area contributed by atoms with Gasteiger partial charge in [-0.25, -0.2) is 9.37 Å². The molecule has 1 aromatic heterocycles. The number of carbonyl (C=O) groups excluding carboxylic acids is 2. The topological polar surface area (TPSA) is 91.3 Å². The van der Waals surface area contributed by atoms with Gasteiger partial charge in [-0.05, 0) is 69.7 Å². The van der Waals surface area contributed by atoms with Crippen LogP contribution in [0.2, 0.25) is 10.0 Å². The fourth-order valence-corrected chi connectivity index (χ4v) is 6.56. The molecule has 1 saturated carbocycles. The van der Waals surface area contributed by atoms with Gasteiger partial charge in [0, 0.05) is 32.7 Å². The number of amides is 2. The number of aryl methyl sites for hydroxylation is 1. The van der Waals surface area contributed by atoms with Crippen LogP contribution in [-0.4, -0.2) is 59.0 Å². The first kappa shape index (κ1) is 36.8. The van der Waals surface area contributed by atoms with Crippen LogP contribution in [0.5, 0.6) is 0 Å². The Morgan fingerprint density at radius 1 is 1.00 bits per heavy atom. The number of hydrogen-bond donors (Lipinski definition) is 3. The summed E-state index contributed by atoms with van der Waals surface area (Å²) < 4.78 is 95.4. The number of alkyl halides is 7. The molecule has 268 valence electrons. The van der Waals surface area contributed by atoms with Gasteiger partial charge >= 0.3 is 12.4 Å². The third-order valence-electron chi connectivity index (χ3n) is 9.36. The van der Waals surface area contributed by atoms with Crippen molar-refractivity contribution in [3.8, 4) is 0 Å². The molecule has 49 heavy (non-hydrogen) atoms. The van der Waals surface area contributed by atoms with E-state index in [0.29, 0.717) is 23.3 Å². The molecule has 5 rings (SSSR count). The van der Waals surface area contributed by atoms with Crippen molar-refractivity contribution in [3.05, 3.63) is 45.4 Å². The van der Waals surface area contributed by atoms with Crippen LogP contribution in [0, 0.1) is 11.3 Å². The van der Waals surface area contributed by atoms with Gasteiger partial charge in [0.15, 0.2) is 0 Å². The van der Waals surface area contributed by atoms with E-state index in [2.05, 4.69) is 20.9 Å². The summed E-state index contributed by atoms with van der Waals surface area (Å²) in [6.45, 7) is 1.62. The van der Waals surface area contributed by atoms with E-state index in [4.69, 9.17) is 23.2 Å². The summed E-state index contributed by atoms with van der Waals surface area (Å²) in [4.78, 5) is 32.3. The number of rotatable bonds is 8. The maximum Gasteiger partial charge on any atom is 0.402 e. The molecule has 0 unspecified atom stereocenters. The van der Waals surface area contributed by atoms with E-state index in [9.17, 15) is 40.3 Å². The van der Waals surface area contributed by atoms with Gasteiger partial charge in [-0.15, -0.1) is 0 Å². The molecule has 3 N–H and O–H groups in total. The number of carbonyl (C=O) groups is 2. The maximum absolute atomic E-state index is 14.3. The quantitative estimate of drug-likeness (QED) is 0.203. The Balaban J connectivity index is 1.41. The van der Waals surface area contributed by atoms with E-state index in [-0.39, 0.29) is 78.0 Å². The number of benzene rings is 2. The number of aromatic nitrogens is 2. The molecular formula is C32H35Cl2F7N6O2. The third kappa shape index (κ3) is 7.67. The molecule has 1 saturated heterocycles. The largest absolute Gasteiger partial charge is 0.402 e. The molecular weight excluding hydrogens is 704 g/mol. The monoisotopic (exact) mass is 738 g/mol. The smallest absolute Gasteiger partial charge is 0.368 e. The number of imidazole rings is 1. The zero-order valence-corrected chi connectivity index (χ0v) is 28.3. The van der Waals surface area contributed by atoms with Crippen LogP contribution in [-0.2, 0) is 18.4 Å². The van der Waals surface area contributed by atoms with Gasteiger partial charge in [0.05, 0.1) is 43.9 Å². The van der Waals surface area contributed by atoms with Gasteiger partial charge in [0.1, 0.15) is 11.6 Å². The Labute approximate surface area is 287 Å². The molecule has 2 aliphatic rings. The van der Waals surface area contributed by atoms with Gasteiger partial charge in [0.2, 0.25) is 11.9 Å². The van der Waals surface area contributed by atoms with E-state index < -0.39 is 47.7 Å². The van der Waals surface area contributed by atoms with Gasteiger partial charge < -0.3 is 25.4 Å². The zero-order valence-electron chi connectivity index (χ0n) is 26.8. The summed E-state index contributed by atoms with van der Waals surface area (Å²) in [6.07, 6.45) is -9.72. The predicted octanol–water partition coefficient (Wildman–Crippen LogP) is 8.23. The lowest BCUT2D eigenvalue weighted by molar-refractivity contribution is -0.211. The molecule has 1 aliphatic carbocycles. The van der Waals surface area contributed by atoms with Crippen molar-refractivity contribution in [2.24, 2.45) is 18.4 Å². The van der Waals surface area contributed by atoms with Gasteiger partial charge in [-0.3, -0.25) is 9.59 Å². The molecule has 1 aliphatic heterocycles. The van der Waals surface area contributed by atoms with Crippen molar-refractivity contribution >= 4 is 63.4 Å². The first-order chi connectivity index (χ1) is 22.8. The highest BCUT2D eigenvalue weighted by molar-refractivity contribution is 6.39. The fourth-order valence-electron chi connectivity index (χ4n) is 6.03. The predicted molar refractivity (Wildman–Crippen MR) is 173 cm³/mol. The summed E-state index contributed by atoms with van der Waals surface area (Å²) in [6, 6.07) is 5.70. The van der Waals surface area contributed by atoms with Crippen molar-refractivity contribution in [3.63, 3.8) is 0 Å². The lowest BCUT2D eigenvalue weighted by Crippen LogP contribution is -2.46. The summed E-state index contributed by atoms with van der Waals surface area (Å²) in [7, 11) is 1.67. The molecule has 2 heterocycles. The summed E-state index contributed by atoms with van der Waals surface area (Å²) in [5.41, 5.74) is -0.650. The second-order valence-electron chi connectivity index (χ2n) is 13.1. The summed E-state index contributed by atoms with van der Waals surface area (Å²) in [5, 5.41) is 8.34. The number of nitrogens with one attached hydrogen (secondary N) is 3. The van der Waals surface area contributed by atoms with Gasteiger partial charge in [-0.2, -0.15) is 26.3 Å². The Bertz CT molecular complexity index is 1740. The number of nitrogens with zero attached hydrogens (tertiary/aromatic N) is 3. The van der Waals surface area contributed by atoms with Crippen LogP contribution in [0.25, 0.3) is 11.0 Å². The number of fused-ring (bicyclic) bond motifs is 1. The minimum Gasteiger partial charge on any atom is -0.368 e. The Kier molecular flexibility index (Phi) is 10.3. The molecule has 17 heteroatoms. The van der Waals surface area contributed by atoms with E-state index in [1.54, 1.807) is 22.6 Å². The van der Waals surface area contributed by atoms with Crippen molar-refractivity contribution in [1.29, 1.82) is 0 Å².